The lowest BCUT2D eigenvalue weighted by atomic mass is 10.1. The van der Waals surface area contributed by atoms with E-state index in [4.69, 9.17) is 5.73 Å². The monoisotopic (exact) mass is 287 g/mol. The minimum atomic E-state index is 0.105. The number of carbonyl (C=O) groups excluding carboxylic acids is 1. The maximum Gasteiger partial charge on any atom is 0.224 e. The number of nitrogens with zero attached hydrogens (tertiary/aromatic N) is 1. The Balaban J connectivity index is 1.40. The summed E-state index contributed by atoms with van der Waals surface area (Å²) in [6.07, 6.45) is 5.71. The summed E-state index contributed by atoms with van der Waals surface area (Å²) in [7, 11) is 0. The lowest BCUT2D eigenvalue weighted by molar-refractivity contribution is -0.116. The first-order valence-corrected chi connectivity index (χ1v) is 8.07. The number of likely N-dealkylation sites (tertiary alicyclic amines) is 1. The molecular weight excluding hydrogens is 262 g/mol. The molecule has 0 aromatic heterocycles. The van der Waals surface area contributed by atoms with Crippen molar-refractivity contribution >= 4 is 11.6 Å². The molecule has 1 heterocycles. The molecule has 0 radical (unpaired) electrons. The number of anilines is 1. The number of nitrogens with one attached hydrogen (secondary N) is 1. The van der Waals surface area contributed by atoms with Crippen LogP contribution in [0.4, 0.5) is 5.69 Å². The Hall–Kier alpha value is -1.39. The van der Waals surface area contributed by atoms with E-state index in [9.17, 15) is 4.79 Å². The Morgan fingerprint density at radius 2 is 2.29 bits per heavy atom. The number of hydrogen-bond donors (Lipinski definition) is 2. The van der Waals surface area contributed by atoms with Crippen molar-refractivity contribution in [2.75, 3.05) is 18.4 Å². The summed E-state index contributed by atoms with van der Waals surface area (Å²) in [5.41, 5.74) is 7.50. The van der Waals surface area contributed by atoms with E-state index >= 15 is 0 Å². The van der Waals surface area contributed by atoms with Crippen LogP contribution in [0.2, 0.25) is 0 Å². The number of fused-ring (bicyclic) bond motifs is 2. The number of piperidine rings is 1. The van der Waals surface area contributed by atoms with E-state index in [1.54, 1.807) is 0 Å². The summed E-state index contributed by atoms with van der Waals surface area (Å²) < 4.78 is 0. The molecule has 4 nitrogen and oxygen atoms in total. The summed E-state index contributed by atoms with van der Waals surface area (Å²) in [5, 5.41) is 2.96. The number of amides is 1. The summed E-state index contributed by atoms with van der Waals surface area (Å²) in [6, 6.07) is 8.56. The van der Waals surface area contributed by atoms with Gasteiger partial charge < -0.3 is 16.0 Å². The highest BCUT2D eigenvalue weighted by atomic mass is 16.1. The van der Waals surface area contributed by atoms with E-state index in [0.29, 0.717) is 13.0 Å². The zero-order valence-electron chi connectivity index (χ0n) is 12.6. The molecule has 1 aromatic rings. The average Bonchev–Trinajstić information content (AvgIpc) is 3.10. The Morgan fingerprint density at radius 3 is 3.00 bits per heavy atom. The Labute approximate surface area is 126 Å². The van der Waals surface area contributed by atoms with Crippen molar-refractivity contribution in [2.24, 2.45) is 11.7 Å². The molecule has 3 rings (SSSR count). The van der Waals surface area contributed by atoms with Gasteiger partial charge in [0.1, 0.15) is 0 Å². The van der Waals surface area contributed by atoms with Gasteiger partial charge in [0.25, 0.3) is 0 Å². The van der Waals surface area contributed by atoms with Crippen LogP contribution in [0.25, 0.3) is 0 Å². The fourth-order valence-corrected chi connectivity index (χ4v) is 3.74. The summed E-state index contributed by atoms with van der Waals surface area (Å²) in [5.74, 6) is 1.04. The Morgan fingerprint density at radius 1 is 1.38 bits per heavy atom. The van der Waals surface area contributed by atoms with Crippen LogP contribution in [0.3, 0.4) is 0 Å². The van der Waals surface area contributed by atoms with Crippen molar-refractivity contribution in [1.82, 2.24) is 4.90 Å². The van der Waals surface area contributed by atoms with Gasteiger partial charge in [-0.1, -0.05) is 12.1 Å². The molecule has 1 saturated carbocycles. The molecule has 2 unspecified atom stereocenters. The van der Waals surface area contributed by atoms with E-state index in [0.717, 1.165) is 36.2 Å². The van der Waals surface area contributed by atoms with Crippen LogP contribution >= 0.6 is 0 Å². The largest absolute Gasteiger partial charge is 0.326 e. The van der Waals surface area contributed by atoms with Gasteiger partial charge in [-0.25, -0.2) is 0 Å². The standard InChI is InChI=1S/C17H25N3O/c18-11-13-3-1-4-15(9-13)19-17(21)5-2-8-20-12-14-6-7-16(20)10-14/h1,3-4,9,14,16H,2,5-8,10-12,18H2,(H,19,21). The van der Waals surface area contributed by atoms with Crippen molar-refractivity contribution < 1.29 is 4.79 Å². The molecule has 1 aromatic carbocycles. The van der Waals surface area contributed by atoms with Crippen LogP contribution in [0, 0.1) is 5.92 Å². The first kappa shape index (κ1) is 14.5. The molecule has 2 bridgehead atoms. The van der Waals surface area contributed by atoms with E-state index < -0.39 is 0 Å². The predicted molar refractivity (Wildman–Crippen MR) is 84.9 cm³/mol. The summed E-state index contributed by atoms with van der Waals surface area (Å²) in [4.78, 5) is 14.6. The lowest BCUT2D eigenvalue weighted by Crippen LogP contribution is -2.33. The van der Waals surface area contributed by atoms with Crippen LogP contribution in [0.5, 0.6) is 0 Å². The lowest BCUT2D eigenvalue weighted by Gasteiger charge is -2.26. The van der Waals surface area contributed by atoms with Crippen molar-refractivity contribution in [1.29, 1.82) is 0 Å². The van der Waals surface area contributed by atoms with Crippen LogP contribution in [0.15, 0.2) is 24.3 Å². The SMILES string of the molecule is NCc1cccc(NC(=O)CCCN2CC3CCC2C3)c1. The zero-order chi connectivity index (χ0) is 14.7. The van der Waals surface area contributed by atoms with Gasteiger partial charge in [-0.05, 0) is 55.8 Å². The van der Waals surface area contributed by atoms with E-state index in [1.165, 1.54) is 25.8 Å². The second-order valence-electron chi connectivity index (χ2n) is 6.38. The molecule has 2 atom stereocenters. The number of hydrogen-bond acceptors (Lipinski definition) is 3. The Bertz CT molecular complexity index is 503. The topological polar surface area (TPSA) is 58.4 Å². The van der Waals surface area contributed by atoms with Gasteiger partial charge in [0.15, 0.2) is 0 Å². The second-order valence-corrected chi connectivity index (χ2v) is 6.38. The van der Waals surface area contributed by atoms with Crippen LogP contribution in [-0.2, 0) is 11.3 Å². The van der Waals surface area contributed by atoms with Gasteiger partial charge in [0.05, 0.1) is 0 Å². The summed E-state index contributed by atoms with van der Waals surface area (Å²) >= 11 is 0. The number of rotatable bonds is 6. The fraction of sp³-hybridized carbons (Fsp3) is 0.588. The van der Waals surface area contributed by atoms with Gasteiger partial charge in [0.2, 0.25) is 5.91 Å². The third kappa shape index (κ3) is 3.63. The second kappa shape index (κ2) is 6.58. The first-order chi connectivity index (χ1) is 10.2. The molecule has 2 aliphatic rings. The predicted octanol–water partition coefficient (Wildman–Crippen LogP) is 2.35. The van der Waals surface area contributed by atoms with E-state index in [-0.39, 0.29) is 5.91 Å². The molecule has 21 heavy (non-hydrogen) atoms. The molecule has 114 valence electrons. The highest BCUT2D eigenvalue weighted by Gasteiger charge is 2.36. The number of nitrogens with two attached hydrogens (primary N) is 1. The van der Waals surface area contributed by atoms with Gasteiger partial charge in [0, 0.05) is 31.2 Å². The molecule has 1 amide bonds. The molecular formula is C17H25N3O. The molecule has 4 heteroatoms. The first-order valence-electron chi connectivity index (χ1n) is 8.07. The third-order valence-electron chi connectivity index (χ3n) is 4.82. The molecule has 0 spiro atoms. The van der Waals surface area contributed by atoms with Gasteiger partial charge >= 0.3 is 0 Å². The molecule has 1 saturated heterocycles. The number of carbonyl (C=O) groups is 1. The van der Waals surface area contributed by atoms with Crippen LogP contribution in [0.1, 0.15) is 37.7 Å². The molecule has 2 fully saturated rings. The normalized spacial score (nSPS) is 24.4. The number of benzene rings is 1. The zero-order valence-corrected chi connectivity index (χ0v) is 12.6. The van der Waals surface area contributed by atoms with Crippen LogP contribution in [-0.4, -0.2) is 29.9 Å². The maximum absolute atomic E-state index is 12.0. The third-order valence-corrected chi connectivity index (χ3v) is 4.82. The molecule has 3 N–H and O–H groups in total. The molecule has 1 aliphatic heterocycles. The van der Waals surface area contributed by atoms with E-state index in [1.807, 2.05) is 24.3 Å². The van der Waals surface area contributed by atoms with Crippen molar-refractivity contribution in [3.8, 4) is 0 Å². The van der Waals surface area contributed by atoms with Crippen molar-refractivity contribution in [3.05, 3.63) is 29.8 Å². The van der Waals surface area contributed by atoms with E-state index in [2.05, 4.69) is 10.2 Å². The van der Waals surface area contributed by atoms with Crippen molar-refractivity contribution in [2.45, 2.75) is 44.7 Å². The smallest absolute Gasteiger partial charge is 0.224 e. The van der Waals surface area contributed by atoms with Crippen LogP contribution < -0.4 is 11.1 Å². The highest BCUT2D eigenvalue weighted by molar-refractivity contribution is 5.90. The fourth-order valence-electron chi connectivity index (χ4n) is 3.74. The minimum absolute atomic E-state index is 0.105. The van der Waals surface area contributed by atoms with Gasteiger partial charge in [-0.2, -0.15) is 0 Å². The summed E-state index contributed by atoms with van der Waals surface area (Å²) in [6.45, 7) is 2.82. The Kier molecular flexibility index (Phi) is 4.56. The average molecular weight is 287 g/mol. The maximum atomic E-state index is 12.0. The van der Waals surface area contributed by atoms with Gasteiger partial charge in [-0.15, -0.1) is 0 Å². The minimum Gasteiger partial charge on any atom is -0.326 e. The van der Waals surface area contributed by atoms with Gasteiger partial charge in [-0.3, -0.25) is 4.79 Å². The van der Waals surface area contributed by atoms with Crippen molar-refractivity contribution in [3.63, 3.8) is 0 Å². The quantitative estimate of drug-likeness (QED) is 0.844. The highest BCUT2D eigenvalue weighted by Crippen LogP contribution is 2.37. The molecule has 1 aliphatic carbocycles.